The first-order valence-electron chi connectivity index (χ1n) is 12.7. The maximum absolute atomic E-state index is 12.7. The van der Waals surface area contributed by atoms with E-state index < -0.39 is 41.9 Å². The fraction of sp³-hybridized carbons (Fsp3) is 0.643. The molecule has 0 aliphatic heterocycles. The summed E-state index contributed by atoms with van der Waals surface area (Å²) in [6.45, 7) is 16.2. The molecule has 0 aliphatic rings. The van der Waals surface area contributed by atoms with Crippen LogP contribution in [0, 0.1) is 16.7 Å². The molecule has 1 aromatic rings. The molecule has 0 fully saturated rings. The fourth-order valence-corrected chi connectivity index (χ4v) is 3.65. The van der Waals surface area contributed by atoms with Crippen molar-refractivity contribution in [3.63, 3.8) is 0 Å². The number of hydrogen-bond donors (Lipinski definition) is 2. The standard InChI is InChI=1S/C28H43NO9/c1-16(2)36-26(34)35-15-17(3)23(24(29)25(32)33)18-10-11-19(37-21(30)13-27(4,5)6)20(12-18)38-22(31)14-28(7,8)9/h10-12,16-17,23-24H,13-15,29H2,1-9H3,(H,32,33)/t17?,23?,24-/m0/s1. The van der Waals surface area contributed by atoms with E-state index in [4.69, 9.17) is 24.7 Å². The minimum absolute atomic E-state index is 0.0253. The van der Waals surface area contributed by atoms with Crippen molar-refractivity contribution in [2.45, 2.75) is 93.2 Å². The lowest BCUT2D eigenvalue weighted by atomic mass is 9.82. The largest absolute Gasteiger partial charge is 0.508 e. The van der Waals surface area contributed by atoms with E-state index in [0.29, 0.717) is 5.56 Å². The van der Waals surface area contributed by atoms with Gasteiger partial charge in [0.1, 0.15) is 6.04 Å². The average molecular weight is 538 g/mol. The van der Waals surface area contributed by atoms with Crippen LogP contribution < -0.4 is 15.2 Å². The van der Waals surface area contributed by atoms with Gasteiger partial charge in [0.25, 0.3) is 0 Å². The minimum atomic E-state index is -1.37. The lowest BCUT2D eigenvalue weighted by molar-refractivity contribution is -0.139. The highest BCUT2D eigenvalue weighted by Crippen LogP contribution is 2.37. The number of carbonyl (C=O) groups excluding carboxylic acids is 3. The Bertz CT molecular complexity index is 989. The molecule has 0 spiro atoms. The summed E-state index contributed by atoms with van der Waals surface area (Å²) >= 11 is 0. The summed E-state index contributed by atoms with van der Waals surface area (Å²) in [5, 5.41) is 9.67. The first kappa shape index (κ1) is 32.9. The summed E-state index contributed by atoms with van der Waals surface area (Å²) < 4.78 is 21.2. The predicted octanol–water partition coefficient (Wildman–Crippen LogP) is 5.06. The molecular weight excluding hydrogens is 494 g/mol. The Morgan fingerprint density at radius 2 is 1.37 bits per heavy atom. The third-order valence-electron chi connectivity index (χ3n) is 5.23. The van der Waals surface area contributed by atoms with Crippen molar-refractivity contribution in [3.8, 4) is 11.5 Å². The SMILES string of the molecule is CC(C)OC(=O)OCC(C)C(c1ccc(OC(=O)CC(C)(C)C)c(OC(=O)CC(C)(C)C)c1)[C@H](N)C(=O)O. The number of nitrogens with two attached hydrogens (primary N) is 1. The molecule has 38 heavy (non-hydrogen) atoms. The number of aliphatic carboxylic acids is 1. The molecule has 214 valence electrons. The van der Waals surface area contributed by atoms with E-state index in [0.717, 1.165) is 0 Å². The molecule has 0 amide bonds. The quantitative estimate of drug-likeness (QED) is 0.289. The number of benzene rings is 1. The van der Waals surface area contributed by atoms with Crippen LogP contribution in [0.25, 0.3) is 0 Å². The Kier molecular flexibility index (Phi) is 11.8. The minimum Gasteiger partial charge on any atom is -0.480 e. The molecule has 0 saturated carbocycles. The van der Waals surface area contributed by atoms with Gasteiger partial charge in [-0.05, 0) is 48.3 Å². The van der Waals surface area contributed by atoms with E-state index in [1.54, 1.807) is 26.8 Å². The van der Waals surface area contributed by atoms with Crippen LogP contribution in [0.5, 0.6) is 11.5 Å². The maximum Gasteiger partial charge on any atom is 0.508 e. The van der Waals surface area contributed by atoms with Crippen LogP contribution in [0.15, 0.2) is 18.2 Å². The normalized spacial score (nSPS) is 14.3. The Morgan fingerprint density at radius 3 is 1.82 bits per heavy atom. The summed E-state index contributed by atoms with van der Waals surface area (Å²) in [5.41, 5.74) is 5.76. The summed E-state index contributed by atoms with van der Waals surface area (Å²) in [4.78, 5) is 48.9. The monoisotopic (exact) mass is 537 g/mol. The van der Waals surface area contributed by atoms with E-state index in [9.17, 15) is 24.3 Å². The van der Waals surface area contributed by atoms with Crippen LogP contribution in [0.3, 0.4) is 0 Å². The zero-order chi connectivity index (χ0) is 29.4. The van der Waals surface area contributed by atoms with Crippen LogP contribution in [-0.4, -0.2) is 47.9 Å². The van der Waals surface area contributed by atoms with Crippen molar-refractivity contribution in [1.29, 1.82) is 0 Å². The fourth-order valence-electron chi connectivity index (χ4n) is 3.65. The van der Waals surface area contributed by atoms with Gasteiger partial charge in [-0.3, -0.25) is 14.4 Å². The van der Waals surface area contributed by atoms with E-state index in [1.165, 1.54) is 12.1 Å². The number of rotatable bonds is 11. The van der Waals surface area contributed by atoms with Crippen molar-refractivity contribution in [2.75, 3.05) is 6.61 Å². The Balaban J connectivity index is 3.40. The first-order valence-corrected chi connectivity index (χ1v) is 12.7. The zero-order valence-corrected chi connectivity index (χ0v) is 24.0. The molecule has 0 saturated heterocycles. The van der Waals surface area contributed by atoms with Crippen LogP contribution in [0.2, 0.25) is 0 Å². The van der Waals surface area contributed by atoms with E-state index in [-0.39, 0.29) is 47.9 Å². The van der Waals surface area contributed by atoms with Crippen LogP contribution in [-0.2, 0) is 23.9 Å². The van der Waals surface area contributed by atoms with Crippen molar-refractivity contribution in [1.82, 2.24) is 0 Å². The highest BCUT2D eigenvalue weighted by molar-refractivity contribution is 5.78. The molecule has 1 aromatic carbocycles. The van der Waals surface area contributed by atoms with E-state index in [1.807, 2.05) is 41.5 Å². The third-order valence-corrected chi connectivity index (χ3v) is 5.23. The van der Waals surface area contributed by atoms with E-state index >= 15 is 0 Å². The molecule has 1 rings (SSSR count). The smallest absolute Gasteiger partial charge is 0.480 e. The molecule has 3 atom stereocenters. The summed E-state index contributed by atoms with van der Waals surface area (Å²) in [6.07, 6.45) is -1.05. The molecule has 10 heteroatoms. The second-order valence-electron chi connectivity index (χ2n) is 12.2. The predicted molar refractivity (Wildman–Crippen MR) is 141 cm³/mol. The molecule has 0 aliphatic carbocycles. The molecule has 0 bridgehead atoms. The molecule has 10 nitrogen and oxygen atoms in total. The lowest BCUT2D eigenvalue weighted by Crippen LogP contribution is -2.40. The number of carboxylic acid groups (broad SMARTS) is 1. The number of carboxylic acids is 1. The zero-order valence-electron chi connectivity index (χ0n) is 24.0. The Hall–Kier alpha value is -3.14. The van der Waals surface area contributed by atoms with Crippen LogP contribution in [0.1, 0.15) is 86.6 Å². The van der Waals surface area contributed by atoms with Gasteiger partial charge in [-0.2, -0.15) is 0 Å². The lowest BCUT2D eigenvalue weighted by Gasteiger charge is -2.28. The van der Waals surface area contributed by atoms with Gasteiger partial charge in [-0.25, -0.2) is 4.79 Å². The Morgan fingerprint density at radius 1 is 0.868 bits per heavy atom. The van der Waals surface area contributed by atoms with Gasteiger partial charge >= 0.3 is 24.1 Å². The van der Waals surface area contributed by atoms with Crippen molar-refractivity contribution in [3.05, 3.63) is 23.8 Å². The third kappa shape index (κ3) is 11.9. The summed E-state index contributed by atoms with van der Waals surface area (Å²) in [6, 6.07) is 3.06. The van der Waals surface area contributed by atoms with Crippen molar-refractivity contribution in [2.24, 2.45) is 22.5 Å². The van der Waals surface area contributed by atoms with Gasteiger partial charge in [-0.1, -0.05) is 54.5 Å². The molecule has 0 heterocycles. The van der Waals surface area contributed by atoms with Gasteiger partial charge < -0.3 is 29.8 Å². The number of ether oxygens (including phenoxy) is 4. The number of hydrogen-bond acceptors (Lipinski definition) is 9. The highest BCUT2D eigenvalue weighted by Gasteiger charge is 2.33. The second-order valence-corrected chi connectivity index (χ2v) is 12.2. The molecule has 3 N–H and O–H groups in total. The number of esters is 2. The second kappa shape index (κ2) is 13.6. The van der Waals surface area contributed by atoms with Crippen molar-refractivity contribution >= 4 is 24.1 Å². The first-order chi connectivity index (χ1) is 17.3. The number of carbonyl (C=O) groups is 4. The van der Waals surface area contributed by atoms with Gasteiger partial charge in [-0.15, -0.1) is 0 Å². The topological polar surface area (TPSA) is 151 Å². The maximum atomic E-state index is 12.7. The van der Waals surface area contributed by atoms with Crippen molar-refractivity contribution < 1.29 is 43.2 Å². The molecular formula is C28H43NO9. The average Bonchev–Trinajstić information content (AvgIpc) is 2.70. The van der Waals surface area contributed by atoms with Gasteiger partial charge in [0.2, 0.25) is 0 Å². The van der Waals surface area contributed by atoms with Gasteiger partial charge in [0.05, 0.1) is 25.6 Å². The van der Waals surface area contributed by atoms with E-state index in [2.05, 4.69) is 0 Å². The molecule has 0 aromatic heterocycles. The Labute approximate surface area is 225 Å². The van der Waals surface area contributed by atoms with Crippen LogP contribution in [0.4, 0.5) is 4.79 Å². The summed E-state index contributed by atoms with van der Waals surface area (Å²) in [7, 11) is 0. The molecule has 2 unspecified atom stereocenters. The van der Waals surface area contributed by atoms with Gasteiger partial charge in [0.15, 0.2) is 11.5 Å². The highest BCUT2D eigenvalue weighted by atomic mass is 16.7. The summed E-state index contributed by atoms with van der Waals surface area (Å²) in [5.74, 6) is -3.74. The van der Waals surface area contributed by atoms with Crippen LogP contribution >= 0.6 is 0 Å². The molecule has 0 radical (unpaired) electrons. The van der Waals surface area contributed by atoms with Gasteiger partial charge in [0, 0.05) is 5.92 Å².